The fraction of sp³-hybridized carbons (Fsp3) is 0.400. The van der Waals surface area contributed by atoms with Crippen LogP contribution in [-0.4, -0.2) is 9.78 Å². The van der Waals surface area contributed by atoms with Gasteiger partial charge < -0.3 is 0 Å². The molecule has 0 bridgehead atoms. The van der Waals surface area contributed by atoms with Crippen molar-refractivity contribution in [3.8, 4) is 0 Å². The van der Waals surface area contributed by atoms with E-state index in [9.17, 15) is 0 Å². The molecule has 0 aliphatic carbocycles. The molecule has 2 unspecified atom stereocenters. The highest BCUT2D eigenvalue weighted by Gasteiger charge is 2.16. The molecule has 0 aliphatic rings. The van der Waals surface area contributed by atoms with Crippen LogP contribution in [0, 0.1) is 0 Å². The minimum atomic E-state index is -0.0640. The van der Waals surface area contributed by atoms with Crippen molar-refractivity contribution in [2.24, 2.45) is 5.84 Å². The molecule has 0 saturated carbocycles. The number of hydrogen-bond acceptors (Lipinski definition) is 3. The first-order chi connectivity index (χ1) is 10.0. The van der Waals surface area contributed by atoms with Gasteiger partial charge in [0.2, 0.25) is 0 Å². The molecule has 0 aliphatic heterocycles. The molecule has 1 aromatic heterocycles. The summed E-state index contributed by atoms with van der Waals surface area (Å²) in [6.07, 6.45) is 3.76. The number of nitrogens with zero attached hydrogens (tertiary/aromatic N) is 2. The van der Waals surface area contributed by atoms with E-state index in [-0.39, 0.29) is 6.04 Å². The number of hydrazine groups is 1. The second kappa shape index (κ2) is 7.40. The Balaban J connectivity index is 2.17. The number of aromatic nitrogens is 2. The highest BCUT2D eigenvalue weighted by atomic mass is 79.9. The molecule has 6 heteroatoms. The van der Waals surface area contributed by atoms with Gasteiger partial charge in [0.25, 0.3) is 0 Å². The summed E-state index contributed by atoms with van der Waals surface area (Å²) in [5.74, 6) is 5.70. The molecule has 0 radical (unpaired) electrons. The smallest absolute Gasteiger partial charge is 0.0644 e. The fourth-order valence-corrected chi connectivity index (χ4v) is 2.98. The van der Waals surface area contributed by atoms with E-state index in [1.54, 1.807) is 0 Å². The lowest BCUT2D eigenvalue weighted by Gasteiger charge is -2.17. The zero-order chi connectivity index (χ0) is 15.4. The summed E-state index contributed by atoms with van der Waals surface area (Å²) in [5.41, 5.74) is 4.80. The van der Waals surface area contributed by atoms with Crippen molar-refractivity contribution in [3.05, 3.63) is 51.2 Å². The van der Waals surface area contributed by atoms with Gasteiger partial charge in [0, 0.05) is 28.2 Å². The van der Waals surface area contributed by atoms with Crippen molar-refractivity contribution >= 4 is 27.5 Å². The Morgan fingerprint density at radius 1 is 1.43 bits per heavy atom. The van der Waals surface area contributed by atoms with Gasteiger partial charge in [-0.3, -0.25) is 16.0 Å². The Hall–Kier alpha value is -0.880. The van der Waals surface area contributed by atoms with Crippen LogP contribution in [0.25, 0.3) is 0 Å². The summed E-state index contributed by atoms with van der Waals surface area (Å²) in [6, 6.07) is 8.18. The van der Waals surface area contributed by atoms with E-state index >= 15 is 0 Å². The van der Waals surface area contributed by atoms with E-state index in [1.807, 2.05) is 35.1 Å². The van der Waals surface area contributed by atoms with Crippen LogP contribution in [0.3, 0.4) is 0 Å². The molecule has 21 heavy (non-hydrogen) atoms. The first-order valence-electron chi connectivity index (χ1n) is 7.00. The molecular formula is C15H20BrClN4. The summed E-state index contributed by atoms with van der Waals surface area (Å²) in [5, 5.41) is 5.30. The summed E-state index contributed by atoms with van der Waals surface area (Å²) >= 11 is 9.71. The normalized spacial score (nSPS) is 14.1. The number of halogens is 2. The van der Waals surface area contributed by atoms with Crippen LogP contribution in [0.5, 0.6) is 0 Å². The monoisotopic (exact) mass is 370 g/mol. The predicted molar refractivity (Wildman–Crippen MR) is 90.1 cm³/mol. The Morgan fingerprint density at radius 2 is 2.19 bits per heavy atom. The molecular weight excluding hydrogens is 352 g/mol. The zero-order valence-electron chi connectivity index (χ0n) is 12.2. The minimum Gasteiger partial charge on any atom is -0.271 e. The van der Waals surface area contributed by atoms with Crippen LogP contribution in [0.2, 0.25) is 5.02 Å². The second-order valence-electron chi connectivity index (χ2n) is 5.13. The van der Waals surface area contributed by atoms with E-state index in [0.717, 1.165) is 22.2 Å². The lowest BCUT2D eigenvalue weighted by atomic mass is 10.0. The molecule has 3 N–H and O–H groups in total. The Kier molecular flexibility index (Phi) is 5.81. The van der Waals surface area contributed by atoms with Crippen molar-refractivity contribution in [3.63, 3.8) is 0 Å². The number of benzene rings is 1. The maximum atomic E-state index is 6.30. The Bertz CT molecular complexity index is 599. The van der Waals surface area contributed by atoms with Crippen LogP contribution in [0.4, 0.5) is 0 Å². The molecule has 114 valence electrons. The van der Waals surface area contributed by atoms with E-state index in [4.69, 9.17) is 17.4 Å². The maximum Gasteiger partial charge on any atom is 0.0644 e. The highest BCUT2D eigenvalue weighted by molar-refractivity contribution is 9.10. The van der Waals surface area contributed by atoms with Crippen molar-refractivity contribution in [1.29, 1.82) is 0 Å². The molecule has 0 fully saturated rings. The Labute approximate surface area is 138 Å². The number of rotatable bonds is 6. The predicted octanol–water partition coefficient (Wildman–Crippen LogP) is 4.02. The third-order valence-electron chi connectivity index (χ3n) is 3.66. The van der Waals surface area contributed by atoms with Gasteiger partial charge in [0.1, 0.15) is 0 Å². The fourth-order valence-electron chi connectivity index (χ4n) is 2.17. The Morgan fingerprint density at radius 3 is 2.81 bits per heavy atom. The summed E-state index contributed by atoms with van der Waals surface area (Å²) in [4.78, 5) is 0. The minimum absolute atomic E-state index is 0.0640. The van der Waals surface area contributed by atoms with Crippen LogP contribution in [0.15, 0.2) is 34.9 Å². The second-order valence-corrected chi connectivity index (χ2v) is 6.46. The molecule has 0 saturated heterocycles. The quantitative estimate of drug-likeness (QED) is 0.595. The molecule has 0 spiro atoms. The van der Waals surface area contributed by atoms with Crippen LogP contribution in [-0.2, 0) is 6.42 Å². The summed E-state index contributed by atoms with van der Waals surface area (Å²) in [6.45, 7) is 4.30. The van der Waals surface area contributed by atoms with E-state index in [2.05, 4.69) is 40.3 Å². The molecule has 4 nitrogen and oxygen atoms in total. The topological polar surface area (TPSA) is 55.9 Å². The average Bonchev–Trinajstić information content (AvgIpc) is 2.93. The van der Waals surface area contributed by atoms with E-state index in [1.165, 1.54) is 0 Å². The van der Waals surface area contributed by atoms with E-state index in [0.29, 0.717) is 17.5 Å². The van der Waals surface area contributed by atoms with E-state index < -0.39 is 0 Å². The molecule has 2 atom stereocenters. The molecule has 2 rings (SSSR count). The first kappa shape index (κ1) is 16.5. The SMILES string of the molecule is CCC(C)n1ccc(CC(NN)c2ccc(Br)cc2Cl)n1. The lowest BCUT2D eigenvalue weighted by Crippen LogP contribution is -2.30. The van der Waals surface area contributed by atoms with Gasteiger partial charge in [-0.1, -0.05) is 40.5 Å². The van der Waals surface area contributed by atoms with Gasteiger partial charge in [-0.2, -0.15) is 5.10 Å². The van der Waals surface area contributed by atoms with Gasteiger partial charge in [-0.05, 0) is 37.1 Å². The number of nitrogens with one attached hydrogen (secondary N) is 1. The standard InChI is InChI=1S/C15H20BrClN4/c1-3-10(2)21-7-6-12(20-21)9-15(19-18)13-5-4-11(16)8-14(13)17/h4-8,10,15,19H,3,9,18H2,1-2H3. The van der Waals surface area contributed by atoms with Gasteiger partial charge in [0.15, 0.2) is 0 Å². The third kappa shape index (κ3) is 4.07. The van der Waals surface area contributed by atoms with Gasteiger partial charge in [-0.25, -0.2) is 0 Å². The largest absolute Gasteiger partial charge is 0.271 e. The highest BCUT2D eigenvalue weighted by Crippen LogP contribution is 2.28. The van der Waals surface area contributed by atoms with Crippen LogP contribution in [0.1, 0.15) is 43.6 Å². The van der Waals surface area contributed by atoms with Gasteiger partial charge >= 0.3 is 0 Å². The lowest BCUT2D eigenvalue weighted by molar-refractivity contribution is 0.467. The molecule has 1 heterocycles. The van der Waals surface area contributed by atoms with Crippen molar-refractivity contribution in [2.75, 3.05) is 0 Å². The number of nitrogens with two attached hydrogens (primary N) is 1. The molecule has 1 aromatic carbocycles. The molecule has 2 aromatic rings. The van der Waals surface area contributed by atoms with Crippen molar-refractivity contribution in [1.82, 2.24) is 15.2 Å². The van der Waals surface area contributed by atoms with Crippen LogP contribution < -0.4 is 11.3 Å². The van der Waals surface area contributed by atoms with Crippen molar-refractivity contribution < 1.29 is 0 Å². The molecule has 0 amide bonds. The third-order valence-corrected chi connectivity index (χ3v) is 4.48. The average molecular weight is 372 g/mol. The summed E-state index contributed by atoms with van der Waals surface area (Å²) < 4.78 is 2.94. The van der Waals surface area contributed by atoms with Gasteiger partial charge in [0.05, 0.1) is 11.7 Å². The van der Waals surface area contributed by atoms with Crippen LogP contribution >= 0.6 is 27.5 Å². The first-order valence-corrected chi connectivity index (χ1v) is 8.17. The van der Waals surface area contributed by atoms with Gasteiger partial charge in [-0.15, -0.1) is 0 Å². The van der Waals surface area contributed by atoms with Crippen molar-refractivity contribution in [2.45, 2.75) is 38.8 Å². The summed E-state index contributed by atoms with van der Waals surface area (Å²) in [7, 11) is 0. The zero-order valence-corrected chi connectivity index (χ0v) is 14.5. The maximum absolute atomic E-state index is 6.30. The number of hydrogen-bond donors (Lipinski definition) is 2.